The number of rotatable bonds is 24. The summed E-state index contributed by atoms with van der Waals surface area (Å²) in [5.74, 6) is 2.84. The van der Waals surface area contributed by atoms with Crippen LogP contribution in [0.15, 0.2) is 285 Å². The van der Waals surface area contributed by atoms with E-state index in [0.717, 1.165) is 232 Å². The molecule has 0 unspecified atom stereocenters. The van der Waals surface area contributed by atoms with Crippen molar-refractivity contribution in [2.75, 3.05) is 196 Å². The molecule has 5 aliphatic rings. The molecular weight excluding hydrogens is 1810 g/mol. The molecule has 8 aromatic heterocycles. The number of halogens is 2. The van der Waals surface area contributed by atoms with Crippen LogP contribution in [0.5, 0.6) is 0 Å². The Kier molecular flexibility index (Phi) is 33.7. The second kappa shape index (κ2) is 48.2. The third kappa shape index (κ3) is 26.9. The molecule has 5 fully saturated rings. The predicted molar refractivity (Wildman–Crippen MR) is 564 cm³/mol. The number of likely N-dealkylation sites (N-methyl/N-ethyl adjacent to an activating group) is 1. The maximum absolute atomic E-state index is 13.2. The summed E-state index contributed by atoms with van der Waals surface area (Å²) < 4.78 is 26.3. The number of amides is 1. The van der Waals surface area contributed by atoms with Gasteiger partial charge >= 0.3 is 0 Å². The van der Waals surface area contributed by atoms with Crippen LogP contribution in [0.25, 0.3) is 55.1 Å². The van der Waals surface area contributed by atoms with Crippen molar-refractivity contribution in [3.8, 4) is 55.1 Å². The Balaban J connectivity index is 0.000000127. The lowest BCUT2D eigenvalue weighted by Gasteiger charge is -2.33. The molecular formula is C109H113F2N23O5S2. The number of carbonyl (C=O) groups is 5. The van der Waals surface area contributed by atoms with Crippen molar-refractivity contribution >= 4 is 114 Å². The van der Waals surface area contributed by atoms with E-state index in [1.807, 2.05) is 163 Å². The molecule has 28 nitrogen and oxygen atoms in total. The van der Waals surface area contributed by atoms with E-state index in [0.29, 0.717) is 61.3 Å². The Hall–Kier alpha value is -15.4. The van der Waals surface area contributed by atoms with Gasteiger partial charge in [0.05, 0.1) is 23.3 Å². The highest BCUT2D eigenvalue weighted by Crippen LogP contribution is 2.35. The fourth-order valence-electron chi connectivity index (χ4n) is 16.7. The summed E-state index contributed by atoms with van der Waals surface area (Å²) in [4.78, 5) is 110. The number of ketones is 4. The number of nitrogens with one attached hydrogen (secondary N) is 5. The molecule has 0 spiro atoms. The van der Waals surface area contributed by atoms with Crippen molar-refractivity contribution < 1.29 is 32.8 Å². The molecule has 0 bridgehead atoms. The average molecular weight is 1930 g/mol. The summed E-state index contributed by atoms with van der Waals surface area (Å²) in [5.41, 5.74) is 47.9. The molecule has 32 heteroatoms. The van der Waals surface area contributed by atoms with Crippen molar-refractivity contribution in [1.29, 1.82) is 0 Å². The van der Waals surface area contributed by atoms with E-state index in [4.69, 9.17) is 28.7 Å². The lowest BCUT2D eigenvalue weighted by Crippen LogP contribution is -2.44. The van der Waals surface area contributed by atoms with E-state index in [1.54, 1.807) is 103 Å². The van der Waals surface area contributed by atoms with Gasteiger partial charge in [-0.05, 0) is 231 Å². The molecule has 0 saturated carbocycles. The van der Waals surface area contributed by atoms with Crippen molar-refractivity contribution in [2.45, 2.75) is 25.7 Å². The van der Waals surface area contributed by atoms with Crippen LogP contribution in [0.1, 0.15) is 73.4 Å². The Morgan fingerprint density at radius 2 is 0.723 bits per heavy atom. The molecule has 7 aromatic carbocycles. The number of carbonyl (C=O) groups excluding carboxylic acids is 5. The first kappa shape index (κ1) is 98.6. The van der Waals surface area contributed by atoms with E-state index in [1.165, 1.54) is 40.5 Å². The lowest BCUT2D eigenvalue weighted by molar-refractivity contribution is 0.0984. The molecule has 15 N–H and O–H groups in total. The summed E-state index contributed by atoms with van der Waals surface area (Å²) in [6, 6.07) is 69.6. The average Bonchev–Trinajstić information content (AvgIpc) is 1.82. The van der Waals surface area contributed by atoms with E-state index >= 15 is 0 Å². The number of hydrogen-bond acceptors (Lipinski definition) is 29. The number of benzene rings is 7. The van der Waals surface area contributed by atoms with Gasteiger partial charge in [0.1, 0.15) is 39.8 Å². The Bertz CT molecular complexity index is 6550. The van der Waals surface area contributed by atoms with Gasteiger partial charge in [0, 0.05) is 255 Å². The number of nitrogens with zero attached hydrogens (tertiary/aromatic N) is 13. The minimum absolute atomic E-state index is 0.00392. The van der Waals surface area contributed by atoms with Gasteiger partial charge in [0.25, 0.3) is 5.91 Å². The van der Waals surface area contributed by atoms with E-state index in [-0.39, 0.29) is 66.4 Å². The van der Waals surface area contributed by atoms with Gasteiger partial charge in [-0.25, -0.2) is 33.7 Å². The largest absolute Gasteiger partial charge is 0.398 e. The number of pyridine rings is 6. The lowest BCUT2D eigenvalue weighted by atomic mass is 9.97. The molecule has 141 heavy (non-hydrogen) atoms. The van der Waals surface area contributed by atoms with E-state index < -0.39 is 0 Å². The number of aromatic nitrogens is 7. The number of piperazine rings is 5. The molecule has 720 valence electrons. The topological polar surface area (TPSA) is 385 Å². The first-order valence-corrected chi connectivity index (χ1v) is 48.7. The number of thiophene rings is 1. The van der Waals surface area contributed by atoms with E-state index in [2.05, 4.69) is 104 Å². The molecule has 0 radical (unpaired) electrons. The number of anilines is 11. The second-order valence-electron chi connectivity index (χ2n) is 34.6. The molecule has 20 rings (SSSR count). The first-order valence-electron chi connectivity index (χ1n) is 47.0. The Morgan fingerprint density at radius 3 is 1.12 bits per heavy atom. The molecule has 5 aliphatic heterocycles. The van der Waals surface area contributed by atoms with Gasteiger partial charge < -0.3 is 84.7 Å². The standard InChI is InChI=1S/C23H23FN4O.2C22H23N5O.C22H24N4OS.C20H20FN5OS/c24-20-5-1-16(2-6-20)17-3-7-21(25)19(13-17)14-22(29)18-4-8-23(27-15-18)28-11-9-26-10-12-28;23-20-5-3-16(17-2-1-7-25-14-17)12-19(20)13-21(28)18-4-6-22(26-15-18)27-10-8-24-9-11-27;23-19-6-4-16(20-3-1-2-8-25-20)13-18(19)14-21(28)17-5-7-22(26-15-17)27-11-9-24-10-12-27;1-25-8-10-26(11-9-25)22-7-5-17(15-24-22)20(27)14-18-13-16(4-6-19(18)23)21-3-2-12-28-21;21-15-4-1-13(2-5-15)14-3-6-16(22)17(11-14)25-19(27)18-12-24-20(28-18)26-9-7-23-8-10-26/h1-8,13,15,26H,9-12,14,25H2;1-7,12,14-15,24H,8-11,13,23H2;1-8,13,15,24H,9-12,14,23H2;2-7,12-13,15H,8-11,14,23H2,1H3;1-6,11-12,23H,7-10,22H2,(H,25,27). The Labute approximate surface area is 826 Å². The molecule has 0 aliphatic carbocycles. The molecule has 13 heterocycles. The highest BCUT2D eigenvalue weighted by atomic mass is 32.1. The van der Waals surface area contributed by atoms with Crippen LogP contribution in [0.4, 0.5) is 71.3 Å². The maximum Gasteiger partial charge on any atom is 0.267 e. The number of hydrogen-bond donors (Lipinski definition) is 10. The third-order valence-corrected chi connectivity index (χ3v) is 26.9. The minimum Gasteiger partial charge on any atom is -0.398 e. The van der Waals surface area contributed by atoms with Gasteiger partial charge in [0.2, 0.25) is 0 Å². The third-order valence-electron chi connectivity index (χ3n) is 24.9. The van der Waals surface area contributed by atoms with E-state index in [9.17, 15) is 32.8 Å². The fourth-order valence-corrected chi connectivity index (χ4v) is 18.3. The van der Waals surface area contributed by atoms with Crippen molar-refractivity contribution in [3.63, 3.8) is 0 Å². The highest BCUT2D eigenvalue weighted by molar-refractivity contribution is 7.17. The molecule has 0 atom stereocenters. The second-order valence-corrected chi connectivity index (χ2v) is 36.6. The summed E-state index contributed by atoms with van der Waals surface area (Å²) >= 11 is 3.04. The number of Topliss-reactive ketones (excluding diaryl/α,β-unsaturated/α-hetero) is 4. The van der Waals surface area contributed by atoms with Crippen LogP contribution in [0.2, 0.25) is 0 Å². The smallest absolute Gasteiger partial charge is 0.267 e. The van der Waals surface area contributed by atoms with Gasteiger partial charge in [-0.2, -0.15) is 0 Å². The fraction of sp³-hybridized carbons (Fsp3) is 0.229. The zero-order valence-electron chi connectivity index (χ0n) is 78.4. The first-order chi connectivity index (χ1) is 68.7. The van der Waals surface area contributed by atoms with Crippen LogP contribution >= 0.6 is 22.7 Å². The number of nitrogens with two attached hydrogens (primary N) is 5. The van der Waals surface area contributed by atoms with Crippen molar-refractivity contribution in [1.82, 2.24) is 61.1 Å². The normalized spacial score (nSPS) is 14.2. The quantitative estimate of drug-likeness (QED) is 0.0198. The van der Waals surface area contributed by atoms with Crippen LogP contribution in [-0.4, -0.2) is 207 Å². The number of nitrogen functional groups attached to an aromatic ring is 5. The monoisotopic (exact) mass is 1930 g/mol. The van der Waals surface area contributed by atoms with Crippen molar-refractivity contribution in [3.05, 3.63) is 346 Å². The van der Waals surface area contributed by atoms with Crippen LogP contribution in [0.3, 0.4) is 0 Å². The van der Waals surface area contributed by atoms with Crippen LogP contribution in [-0.2, 0) is 25.7 Å². The summed E-state index contributed by atoms with van der Waals surface area (Å²) in [7, 11) is 2.13. The summed E-state index contributed by atoms with van der Waals surface area (Å²) in [6.45, 7) is 18.8. The van der Waals surface area contributed by atoms with Crippen LogP contribution in [0, 0.1) is 11.6 Å². The predicted octanol–water partition coefficient (Wildman–Crippen LogP) is 15.2. The molecule has 15 aromatic rings. The van der Waals surface area contributed by atoms with Gasteiger partial charge in [-0.1, -0.05) is 84.1 Å². The van der Waals surface area contributed by atoms with Gasteiger partial charge in [-0.15, -0.1) is 11.3 Å². The van der Waals surface area contributed by atoms with Crippen LogP contribution < -0.4 is 79.8 Å². The summed E-state index contributed by atoms with van der Waals surface area (Å²) in [6.07, 6.45) is 14.5. The highest BCUT2D eigenvalue weighted by Gasteiger charge is 2.25. The van der Waals surface area contributed by atoms with Crippen molar-refractivity contribution in [2.24, 2.45) is 0 Å². The summed E-state index contributed by atoms with van der Waals surface area (Å²) in [5, 5.41) is 19.0. The number of thiazole rings is 1. The van der Waals surface area contributed by atoms with Gasteiger partial charge in [0.15, 0.2) is 28.3 Å². The zero-order valence-corrected chi connectivity index (χ0v) is 80.1. The molecule has 1 amide bonds. The van der Waals surface area contributed by atoms with Gasteiger partial charge in [-0.3, -0.25) is 33.9 Å². The molecule has 5 saturated heterocycles. The SMILES string of the molecule is CN1CCN(c2ccc(C(=O)Cc3cc(-c4cccs4)ccc3N)cn2)CC1.Nc1ccc(-c2ccc(F)cc2)cc1CC(=O)c1ccc(N2CCNCC2)nc1.Nc1ccc(-c2ccc(F)cc2)cc1NC(=O)c1cnc(N2CCNCC2)s1.Nc1ccc(-c2ccccn2)cc1CC(=O)c1ccc(N2CCNCC2)nc1.Nc1ccc(-c2cccnc2)cc1CC(=O)c1ccc(N2CCNCC2)nc1. The zero-order chi connectivity index (χ0) is 97.9. The maximum atomic E-state index is 13.2. The Morgan fingerprint density at radius 1 is 0.340 bits per heavy atom. The minimum atomic E-state index is -0.293.